The molecule has 2 amide bonds. The van der Waals surface area contributed by atoms with Crippen molar-refractivity contribution >= 4 is 12.0 Å². The van der Waals surface area contributed by atoms with Crippen LogP contribution in [0.2, 0.25) is 0 Å². The Balaban J connectivity index is 1.63. The summed E-state index contributed by atoms with van der Waals surface area (Å²) in [6, 6.07) is 7.70. The maximum atomic E-state index is 12.9. The van der Waals surface area contributed by atoms with E-state index in [4.69, 9.17) is 19.6 Å². The molecule has 1 unspecified atom stereocenters. The second-order valence-corrected chi connectivity index (χ2v) is 8.15. The van der Waals surface area contributed by atoms with E-state index in [1.54, 1.807) is 24.5 Å². The lowest BCUT2D eigenvalue weighted by Crippen LogP contribution is -2.25. The zero-order valence-corrected chi connectivity index (χ0v) is 19.3. The van der Waals surface area contributed by atoms with E-state index in [9.17, 15) is 18.4 Å². The number of nitrogens with zero attached hydrogens (tertiary/aromatic N) is 2. The number of alkyl halides is 2. The van der Waals surface area contributed by atoms with Crippen LogP contribution >= 0.6 is 0 Å². The highest BCUT2D eigenvalue weighted by molar-refractivity contribution is 5.94. The molecule has 1 aromatic carbocycles. The van der Waals surface area contributed by atoms with E-state index in [1.807, 2.05) is 0 Å². The molecule has 4 rings (SSSR count). The zero-order valence-electron chi connectivity index (χ0n) is 19.3. The highest BCUT2D eigenvalue weighted by Gasteiger charge is 2.28. The number of rotatable bonds is 11. The normalized spacial score (nSPS) is 13.8. The van der Waals surface area contributed by atoms with Gasteiger partial charge in [-0.15, -0.1) is 0 Å². The standard InChI is InChI=1S/C24H24F2N4O6/c1-13(34-24(27)32)20-19(21(31)29-11-15-3-2-8-28-10-15)30-22(36-20)16-6-7-17(35-23(25)26)18(9-16)33-12-14-4-5-14/h2-3,6-10,13-14,23H,4-5,11-12H2,1H3,(H2,27,32)(H,29,31). The van der Waals surface area contributed by atoms with Gasteiger partial charge in [0.1, 0.15) is 0 Å². The van der Waals surface area contributed by atoms with Crippen molar-refractivity contribution in [3.63, 3.8) is 0 Å². The molecular weight excluding hydrogens is 478 g/mol. The van der Waals surface area contributed by atoms with E-state index >= 15 is 0 Å². The average molecular weight is 502 g/mol. The largest absolute Gasteiger partial charge is 0.489 e. The minimum atomic E-state index is -3.03. The minimum absolute atomic E-state index is 0.0173. The molecule has 12 heteroatoms. The fourth-order valence-corrected chi connectivity index (χ4v) is 3.33. The molecule has 2 heterocycles. The number of amides is 2. The van der Waals surface area contributed by atoms with Crippen LogP contribution in [0.15, 0.2) is 47.1 Å². The topological polar surface area (TPSA) is 139 Å². The molecule has 1 fully saturated rings. The number of carbonyl (C=O) groups is 2. The van der Waals surface area contributed by atoms with Crippen molar-refractivity contribution in [1.82, 2.24) is 15.3 Å². The maximum absolute atomic E-state index is 12.9. The molecule has 1 aliphatic rings. The van der Waals surface area contributed by atoms with Gasteiger partial charge in [-0.2, -0.15) is 8.78 Å². The molecule has 0 aliphatic heterocycles. The van der Waals surface area contributed by atoms with Crippen molar-refractivity contribution in [1.29, 1.82) is 0 Å². The van der Waals surface area contributed by atoms with Gasteiger partial charge in [0, 0.05) is 24.5 Å². The molecule has 1 atom stereocenters. The van der Waals surface area contributed by atoms with Crippen molar-refractivity contribution < 1.29 is 37.0 Å². The van der Waals surface area contributed by atoms with E-state index in [0.717, 1.165) is 18.4 Å². The number of ether oxygens (including phenoxy) is 3. The molecule has 1 aliphatic carbocycles. The third-order valence-electron chi connectivity index (χ3n) is 5.28. The predicted octanol–water partition coefficient (Wildman–Crippen LogP) is 4.21. The monoisotopic (exact) mass is 502 g/mol. The fourth-order valence-electron chi connectivity index (χ4n) is 3.33. The molecule has 0 bridgehead atoms. The lowest BCUT2D eigenvalue weighted by molar-refractivity contribution is -0.0515. The quantitative estimate of drug-likeness (QED) is 0.398. The summed E-state index contributed by atoms with van der Waals surface area (Å²) in [6.45, 7) is -1.05. The molecule has 3 aromatic rings. The van der Waals surface area contributed by atoms with Gasteiger partial charge in [-0.3, -0.25) is 9.78 Å². The van der Waals surface area contributed by atoms with Gasteiger partial charge in [-0.1, -0.05) is 6.07 Å². The number of hydrogen-bond donors (Lipinski definition) is 2. The van der Waals surface area contributed by atoms with Gasteiger partial charge in [0.25, 0.3) is 5.91 Å². The van der Waals surface area contributed by atoms with Crippen molar-refractivity contribution in [2.75, 3.05) is 6.61 Å². The Morgan fingerprint density at radius 2 is 2.06 bits per heavy atom. The molecule has 2 aromatic heterocycles. The molecule has 0 saturated heterocycles. The highest BCUT2D eigenvalue weighted by Crippen LogP contribution is 2.37. The van der Waals surface area contributed by atoms with Gasteiger partial charge < -0.3 is 29.7 Å². The summed E-state index contributed by atoms with van der Waals surface area (Å²) in [5.41, 5.74) is 6.09. The summed E-state index contributed by atoms with van der Waals surface area (Å²) in [6.07, 6.45) is 3.12. The number of aromatic nitrogens is 2. The molecule has 36 heavy (non-hydrogen) atoms. The number of pyridine rings is 1. The number of nitrogens with one attached hydrogen (secondary N) is 1. The van der Waals surface area contributed by atoms with Gasteiger partial charge in [0.05, 0.1) is 6.61 Å². The first-order valence-electron chi connectivity index (χ1n) is 11.2. The van der Waals surface area contributed by atoms with Crippen LogP contribution in [0.4, 0.5) is 13.6 Å². The summed E-state index contributed by atoms with van der Waals surface area (Å²) in [4.78, 5) is 32.5. The fraction of sp³-hybridized carbons (Fsp3) is 0.333. The van der Waals surface area contributed by atoms with Crippen LogP contribution in [0.5, 0.6) is 11.5 Å². The molecule has 0 radical (unpaired) electrons. The first-order chi connectivity index (χ1) is 17.3. The molecule has 190 valence electrons. The first kappa shape index (κ1) is 24.9. The number of benzene rings is 1. The van der Waals surface area contributed by atoms with Gasteiger partial charge in [-0.25, -0.2) is 9.78 Å². The summed E-state index contributed by atoms with van der Waals surface area (Å²) in [5.74, 6) is -0.336. The Bertz CT molecular complexity index is 1220. The molecular formula is C24H24F2N4O6. The maximum Gasteiger partial charge on any atom is 0.405 e. The SMILES string of the molecule is CC(OC(N)=O)c1oc(-c2ccc(OC(F)F)c(OCC3CC3)c2)nc1C(=O)NCc1cccnc1. The van der Waals surface area contributed by atoms with Gasteiger partial charge in [-0.05, 0) is 55.5 Å². The minimum Gasteiger partial charge on any atom is -0.489 e. The Morgan fingerprint density at radius 3 is 2.72 bits per heavy atom. The van der Waals surface area contributed by atoms with Gasteiger partial charge >= 0.3 is 12.7 Å². The predicted molar refractivity (Wildman–Crippen MR) is 121 cm³/mol. The van der Waals surface area contributed by atoms with Crippen LogP contribution in [0.1, 0.15) is 47.7 Å². The summed E-state index contributed by atoms with van der Waals surface area (Å²) < 4.78 is 46.8. The van der Waals surface area contributed by atoms with Crippen LogP contribution in [0.3, 0.4) is 0 Å². The third-order valence-corrected chi connectivity index (χ3v) is 5.28. The Hall–Kier alpha value is -4.22. The zero-order chi connectivity index (χ0) is 25.7. The third kappa shape index (κ3) is 6.46. The molecule has 1 saturated carbocycles. The Kier molecular flexibility index (Phi) is 7.62. The first-order valence-corrected chi connectivity index (χ1v) is 11.2. The van der Waals surface area contributed by atoms with Crippen molar-refractivity contribution in [2.45, 2.75) is 39.0 Å². The average Bonchev–Trinajstić information content (AvgIpc) is 3.57. The van der Waals surface area contributed by atoms with E-state index in [0.29, 0.717) is 18.1 Å². The van der Waals surface area contributed by atoms with E-state index < -0.39 is 24.7 Å². The number of nitrogens with two attached hydrogens (primary N) is 1. The van der Waals surface area contributed by atoms with Gasteiger partial charge in [0.2, 0.25) is 5.89 Å². The van der Waals surface area contributed by atoms with Crippen LogP contribution in [0.25, 0.3) is 11.5 Å². The van der Waals surface area contributed by atoms with Crippen molar-refractivity contribution in [3.05, 3.63) is 59.7 Å². The van der Waals surface area contributed by atoms with Crippen LogP contribution in [-0.4, -0.2) is 35.2 Å². The summed E-state index contributed by atoms with van der Waals surface area (Å²) >= 11 is 0. The van der Waals surface area contributed by atoms with Gasteiger partial charge in [0.15, 0.2) is 29.1 Å². The van der Waals surface area contributed by atoms with Crippen LogP contribution < -0.4 is 20.5 Å². The molecule has 0 spiro atoms. The Morgan fingerprint density at radius 1 is 1.25 bits per heavy atom. The summed E-state index contributed by atoms with van der Waals surface area (Å²) in [5, 5.41) is 2.71. The number of halogens is 2. The highest BCUT2D eigenvalue weighted by atomic mass is 19.3. The number of oxazole rings is 1. The van der Waals surface area contributed by atoms with E-state index in [1.165, 1.54) is 25.1 Å². The van der Waals surface area contributed by atoms with E-state index in [-0.39, 0.29) is 35.4 Å². The lowest BCUT2D eigenvalue weighted by atomic mass is 10.2. The Labute approximate surface area is 204 Å². The smallest absolute Gasteiger partial charge is 0.405 e. The number of hydrogen-bond acceptors (Lipinski definition) is 8. The lowest BCUT2D eigenvalue weighted by Gasteiger charge is -2.13. The number of carbonyl (C=O) groups excluding carboxylic acids is 2. The second kappa shape index (κ2) is 11.0. The van der Waals surface area contributed by atoms with Crippen molar-refractivity contribution in [2.24, 2.45) is 11.7 Å². The van der Waals surface area contributed by atoms with Crippen molar-refractivity contribution in [3.8, 4) is 23.0 Å². The number of primary amides is 1. The second-order valence-electron chi connectivity index (χ2n) is 8.15. The summed E-state index contributed by atoms with van der Waals surface area (Å²) in [7, 11) is 0. The molecule has 10 nitrogen and oxygen atoms in total. The molecule has 3 N–H and O–H groups in total. The van der Waals surface area contributed by atoms with Crippen LogP contribution in [0, 0.1) is 5.92 Å². The van der Waals surface area contributed by atoms with Crippen LogP contribution in [-0.2, 0) is 11.3 Å². The van der Waals surface area contributed by atoms with E-state index in [2.05, 4.69) is 20.0 Å².